The van der Waals surface area contributed by atoms with Crippen LogP contribution >= 0.6 is 0 Å². The number of esters is 1. The van der Waals surface area contributed by atoms with Gasteiger partial charge in [-0.2, -0.15) is 0 Å². The minimum Gasteiger partial charge on any atom is -0.469 e. The zero-order valence-electron chi connectivity index (χ0n) is 8.86. The fraction of sp³-hybridized carbons (Fsp3) is 0.727. The monoisotopic (exact) mass is 198 g/mol. The van der Waals surface area contributed by atoms with Crippen molar-refractivity contribution in [2.45, 2.75) is 31.8 Å². The second kappa shape index (κ2) is 5.81. The number of hydrogen-bond acceptors (Lipinski definition) is 3. The Morgan fingerprint density at radius 2 is 2.29 bits per heavy atom. The molecule has 0 radical (unpaired) electrons. The first-order chi connectivity index (χ1) is 6.77. The molecule has 0 aliphatic heterocycles. The van der Waals surface area contributed by atoms with Gasteiger partial charge < -0.3 is 9.47 Å². The highest BCUT2D eigenvalue weighted by atomic mass is 16.5. The summed E-state index contributed by atoms with van der Waals surface area (Å²) in [5, 5.41) is 0. The Balaban J connectivity index is 2.37. The topological polar surface area (TPSA) is 35.5 Å². The fourth-order valence-electron chi connectivity index (χ4n) is 1.83. The SMILES string of the molecule is COC(=O)CCC1C=CCCC1OC. The molecule has 2 atom stereocenters. The summed E-state index contributed by atoms with van der Waals surface area (Å²) < 4.78 is 9.97. The zero-order valence-corrected chi connectivity index (χ0v) is 8.86. The Kier molecular flexibility index (Phi) is 4.66. The molecular weight excluding hydrogens is 180 g/mol. The molecule has 0 amide bonds. The van der Waals surface area contributed by atoms with E-state index in [0.717, 1.165) is 19.3 Å². The van der Waals surface area contributed by atoms with Crippen LogP contribution in [0.4, 0.5) is 0 Å². The molecule has 0 saturated carbocycles. The van der Waals surface area contributed by atoms with E-state index in [1.54, 1.807) is 7.11 Å². The van der Waals surface area contributed by atoms with Crippen molar-refractivity contribution in [2.24, 2.45) is 5.92 Å². The lowest BCUT2D eigenvalue weighted by atomic mass is 9.89. The van der Waals surface area contributed by atoms with E-state index in [2.05, 4.69) is 16.9 Å². The summed E-state index contributed by atoms with van der Waals surface area (Å²) in [6, 6.07) is 0. The third kappa shape index (κ3) is 3.14. The molecule has 0 fully saturated rings. The highest BCUT2D eigenvalue weighted by Crippen LogP contribution is 2.24. The standard InChI is InChI=1S/C11H18O3/c1-13-10-6-4-3-5-9(10)7-8-11(12)14-2/h3,5,9-10H,4,6-8H2,1-2H3. The summed E-state index contributed by atoms with van der Waals surface area (Å²) in [6.45, 7) is 0. The summed E-state index contributed by atoms with van der Waals surface area (Å²) >= 11 is 0. The Morgan fingerprint density at radius 1 is 1.50 bits per heavy atom. The van der Waals surface area contributed by atoms with Gasteiger partial charge in [-0.1, -0.05) is 12.2 Å². The van der Waals surface area contributed by atoms with Crippen LogP contribution in [0.3, 0.4) is 0 Å². The second-order valence-electron chi connectivity index (χ2n) is 3.56. The lowest BCUT2D eigenvalue weighted by Crippen LogP contribution is -2.24. The van der Waals surface area contributed by atoms with Crippen molar-refractivity contribution < 1.29 is 14.3 Å². The van der Waals surface area contributed by atoms with Crippen molar-refractivity contribution >= 4 is 5.97 Å². The van der Waals surface area contributed by atoms with Crippen LogP contribution in [0.25, 0.3) is 0 Å². The van der Waals surface area contributed by atoms with Gasteiger partial charge in [0.25, 0.3) is 0 Å². The van der Waals surface area contributed by atoms with E-state index in [9.17, 15) is 4.79 Å². The molecule has 3 nitrogen and oxygen atoms in total. The van der Waals surface area contributed by atoms with Crippen LogP contribution in [0, 0.1) is 5.92 Å². The van der Waals surface area contributed by atoms with Gasteiger partial charge in [0.2, 0.25) is 0 Å². The third-order valence-electron chi connectivity index (χ3n) is 2.69. The van der Waals surface area contributed by atoms with E-state index < -0.39 is 0 Å². The molecule has 0 aromatic heterocycles. The van der Waals surface area contributed by atoms with E-state index in [0.29, 0.717) is 12.3 Å². The number of rotatable bonds is 4. The molecule has 14 heavy (non-hydrogen) atoms. The smallest absolute Gasteiger partial charge is 0.305 e. The molecule has 0 aromatic rings. The molecule has 0 N–H and O–H groups in total. The molecule has 3 heteroatoms. The lowest BCUT2D eigenvalue weighted by Gasteiger charge is -2.25. The van der Waals surface area contributed by atoms with Gasteiger partial charge in [0, 0.05) is 19.4 Å². The Bertz CT molecular complexity index is 211. The maximum absolute atomic E-state index is 11.0. The molecule has 1 rings (SSSR count). The third-order valence-corrected chi connectivity index (χ3v) is 2.69. The van der Waals surface area contributed by atoms with Gasteiger partial charge in [-0.15, -0.1) is 0 Å². The second-order valence-corrected chi connectivity index (χ2v) is 3.56. The average Bonchev–Trinajstić information content (AvgIpc) is 2.26. The Labute approximate surface area is 85.1 Å². The molecule has 0 aromatic carbocycles. The van der Waals surface area contributed by atoms with Crippen molar-refractivity contribution in [3.8, 4) is 0 Å². The van der Waals surface area contributed by atoms with Gasteiger partial charge in [0.1, 0.15) is 0 Å². The maximum Gasteiger partial charge on any atom is 0.305 e. The highest BCUT2D eigenvalue weighted by Gasteiger charge is 2.21. The summed E-state index contributed by atoms with van der Waals surface area (Å²) in [4.78, 5) is 11.0. The number of allylic oxidation sites excluding steroid dienone is 1. The Morgan fingerprint density at radius 3 is 2.93 bits per heavy atom. The van der Waals surface area contributed by atoms with Crippen LogP contribution in [0.2, 0.25) is 0 Å². The summed E-state index contributed by atoms with van der Waals surface area (Å²) in [6.07, 6.45) is 8.02. The van der Waals surface area contributed by atoms with Crippen molar-refractivity contribution in [1.29, 1.82) is 0 Å². The van der Waals surface area contributed by atoms with Crippen LogP contribution in [0.5, 0.6) is 0 Å². The van der Waals surface area contributed by atoms with Gasteiger partial charge in [0.05, 0.1) is 13.2 Å². The molecule has 80 valence electrons. The van der Waals surface area contributed by atoms with E-state index in [-0.39, 0.29) is 12.1 Å². The lowest BCUT2D eigenvalue weighted by molar-refractivity contribution is -0.141. The van der Waals surface area contributed by atoms with Crippen molar-refractivity contribution in [1.82, 2.24) is 0 Å². The predicted octanol–water partition coefficient (Wildman–Crippen LogP) is 1.92. The van der Waals surface area contributed by atoms with Gasteiger partial charge >= 0.3 is 5.97 Å². The molecular formula is C11H18O3. The summed E-state index contributed by atoms with van der Waals surface area (Å²) in [5.41, 5.74) is 0. The highest BCUT2D eigenvalue weighted by molar-refractivity contribution is 5.69. The van der Waals surface area contributed by atoms with Gasteiger partial charge in [-0.3, -0.25) is 4.79 Å². The van der Waals surface area contributed by atoms with Crippen molar-refractivity contribution in [3.05, 3.63) is 12.2 Å². The maximum atomic E-state index is 11.0. The van der Waals surface area contributed by atoms with Crippen LogP contribution in [0.1, 0.15) is 25.7 Å². The number of hydrogen-bond donors (Lipinski definition) is 0. The molecule has 1 aliphatic carbocycles. The first-order valence-electron chi connectivity index (χ1n) is 5.04. The molecule has 0 heterocycles. The van der Waals surface area contributed by atoms with Crippen LogP contribution in [0.15, 0.2) is 12.2 Å². The minimum absolute atomic E-state index is 0.140. The zero-order chi connectivity index (χ0) is 10.4. The number of ether oxygens (including phenoxy) is 2. The first kappa shape index (κ1) is 11.2. The largest absolute Gasteiger partial charge is 0.469 e. The van der Waals surface area contributed by atoms with Crippen LogP contribution in [-0.4, -0.2) is 26.3 Å². The number of methoxy groups -OCH3 is 2. The van der Waals surface area contributed by atoms with E-state index in [1.165, 1.54) is 7.11 Å². The molecule has 0 spiro atoms. The fourth-order valence-corrected chi connectivity index (χ4v) is 1.83. The average molecular weight is 198 g/mol. The number of carbonyl (C=O) groups excluding carboxylic acids is 1. The van der Waals surface area contributed by atoms with E-state index in [4.69, 9.17) is 4.74 Å². The van der Waals surface area contributed by atoms with Gasteiger partial charge in [0.15, 0.2) is 0 Å². The molecule has 0 bridgehead atoms. The van der Waals surface area contributed by atoms with Gasteiger partial charge in [-0.05, 0) is 19.3 Å². The molecule has 2 unspecified atom stereocenters. The minimum atomic E-state index is -0.140. The molecule has 1 aliphatic rings. The van der Waals surface area contributed by atoms with E-state index >= 15 is 0 Å². The van der Waals surface area contributed by atoms with Gasteiger partial charge in [-0.25, -0.2) is 0 Å². The first-order valence-corrected chi connectivity index (χ1v) is 5.04. The van der Waals surface area contributed by atoms with E-state index in [1.807, 2.05) is 0 Å². The van der Waals surface area contributed by atoms with Crippen LogP contribution in [-0.2, 0) is 14.3 Å². The van der Waals surface area contributed by atoms with Crippen molar-refractivity contribution in [3.63, 3.8) is 0 Å². The number of carbonyl (C=O) groups is 1. The predicted molar refractivity (Wildman–Crippen MR) is 53.9 cm³/mol. The molecule has 0 saturated heterocycles. The van der Waals surface area contributed by atoms with Crippen LogP contribution < -0.4 is 0 Å². The normalized spacial score (nSPS) is 26.1. The van der Waals surface area contributed by atoms with Crippen molar-refractivity contribution in [2.75, 3.05) is 14.2 Å². The summed E-state index contributed by atoms with van der Waals surface area (Å²) in [7, 11) is 3.15. The quantitative estimate of drug-likeness (QED) is 0.511. The Hall–Kier alpha value is -0.830. The summed E-state index contributed by atoms with van der Waals surface area (Å²) in [5.74, 6) is 0.228.